The van der Waals surface area contributed by atoms with Crippen LogP contribution in [0.25, 0.3) is 10.8 Å². The molecule has 3 rings (SSSR count). The normalized spacial score (nSPS) is 14.0. The van der Waals surface area contributed by atoms with Crippen molar-refractivity contribution in [1.29, 1.82) is 0 Å². The highest BCUT2D eigenvalue weighted by Crippen LogP contribution is 2.33. The van der Waals surface area contributed by atoms with Crippen molar-refractivity contribution < 1.29 is 0 Å². The van der Waals surface area contributed by atoms with Gasteiger partial charge in [0.15, 0.2) is 0 Å². The molecule has 0 aliphatic carbocycles. The van der Waals surface area contributed by atoms with Gasteiger partial charge in [0, 0.05) is 29.7 Å². The summed E-state index contributed by atoms with van der Waals surface area (Å²) < 4.78 is 0. The third kappa shape index (κ3) is 2.67. The Balaban J connectivity index is 2.06. The van der Waals surface area contributed by atoms with Crippen LogP contribution in [0.5, 0.6) is 0 Å². The van der Waals surface area contributed by atoms with E-state index in [0.29, 0.717) is 5.92 Å². The topological polar surface area (TPSA) is 24.9 Å². The molecule has 1 heterocycles. The molecule has 3 aromatic rings. The zero-order valence-corrected chi connectivity index (χ0v) is 12.5. The maximum Gasteiger partial charge on any atom is 0.0406 e. The number of nitrogens with one attached hydrogen (secondary N) is 1. The van der Waals surface area contributed by atoms with E-state index in [1.165, 1.54) is 21.9 Å². The SMILES string of the molecule is CNC(c1cncc2ccccc12)C(C)c1ccccc1. The molecular weight excluding hydrogens is 256 g/mol. The van der Waals surface area contributed by atoms with Gasteiger partial charge in [-0.05, 0) is 23.6 Å². The van der Waals surface area contributed by atoms with E-state index in [1.807, 2.05) is 19.4 Å². The second-order valence-corrected chi connectivity index (χ2v) is 5.42. The quantitative estimate of drug-likeness (QED) is 0.768. The van der Waals surface area contributed by atoms with Crippen LogP contribution in [0, 0.1) is 0 Å². The predicted molar refractivity (Wildman–Crippen MR) is 88.4 cm³/mol. The molecule has 2 aromatic carbocycles. The number of hydrogen-bond acceptors (Lipinski definition) is 2. The maximum atomic E-state index is 4.42. The Morgan fingerprint density at radius 2 is 1.62 bits per heavy atom. The van der Waals surface area contributed by atoms with Crippen LogP contribution in [-0.2, 0) is 0 Å². The van der Waals surface area contributed by atoms with Crippen molar-refractivity contribution in [2.45, 2.75) is 18.9 Å². The molecule has 0 radical (unpaired) electrons. The molecule has 1 N–H and O–H groups in total. The average Bonchev–Trinajstić information content (AvgIpc) is 2.56. The Morgan fingerprint density at radius 3 is 2.38 bits per heavy atom. The molecule has 0 amide bonds. The number of pyridine rings is 1. The van der Waals surface area contributed by atoms with E-state index in [0.717, 1.165) is 0 Å². The summed E-state index contributed by atoms with van der Waals surface area (Å²) in [5.74, 6) is 0.379. The number of likely N-dealkylation sites (N-methyl/N-ethyl adjacent to an activating group) is 1. The lowest BCUT2D eigenvalue weighted by atomic mass is 9.87. The fourth-order valence-corrected chi connectivity index (χ4v) is 3.01. The Labute approximate surface area is 125 Å². The van der Waals surface area contributed by atoms with Gasteiger partial charge in [-0.1, -0.05) is 61.5 Å². The number of rotatable bonds is 4. The lowest BCUT2D eigenvalue weighted by Crippen LogP contribution is -2.22. The first-order valence-corrected chi connectivity index (χ1v) is 7.36. The summed E-state index contributed by atoms with van der Waals surface area (Å²) in [6.45, 7) is 2.26. The Hall–Kier alpha value is -2.19. The molecule has 0 saturated heterocycles. The van der Waals surface area contributed by atoms with Gasteiger partial charge < -0.3 is 5.32 Å². The first-order chi connectivity index (χ1) is 10.3. The lowest BCUT2D eigenvalue weighted by Gasteiger charge is -2.25. The highest BCUT2D eigenvalue weighted by Gasteiger charge is 2.21. The summed E-state index contributed by atoms with van der Waals surface area (Å²) in [7, 11) is 2.02. The summed E-state index contributed by atoms with van der Waals surface area (Å²) in [5, 5.41) is 5.93. The van der Waals surface area contributed by atoms with Gasteiger partial charge in [0.2, 0.25) is 0 Å². The van der Waals surface area contributed by atoms with Crippen LogP contribution in [0.4, 0.5) is 0 Å². The fraction of sp³-hybridized carbons (Fsp3) is 0.211. The van der Waals surface area contributed by atoms with Crippen molar-refractivity contribution in [2.24, 2.45) is 0 Å². The van der Waals surface area contributed by atoms with Crippen molar-refractivity contribution >= 4 is 10.8 Å². The van der Waals surface area contributed by atoms with Gasteiger partial charge in [-0.15, -0.1) is 0 Å². The monoisotopic (exact) mass is 276 g/mol. The Bertz CT molecular complexity index is 716. The second kappa shape index (κ2) is 6.06. The minimum atomic E-state index is 0.242. The minimum absolute atomic E-state index is 0.242. The molecule has 2 unspecified atom stereocenters. The van der Waals surface area contributed by atoms with Gasteiger partial charge >= 0.3 is 0 Å². The van der Waals surface area contributed by atoms with Crippen LogP contribution in [0.1, 0.15) is 30.0 Å². The molecule has 21 heavy (non-hydrogen) atoms. The summed E-state index contributed by atoms with van der Waals surface area (Å²) in [4.78, 5) is 4.42. The molecule has 0 saturated carbocycles. The van der Waals surface area contributed by atoms with Crippen LogP contribution < -0.4 is 5.32 Å². The smallest absolute Gasteiger partial charge is 0.0406 e. The highest BCUT2D eigenvalue weighted by atomic mass is 14.9. The first kappa shape index (κ1) is 13.8. The number of benzene rings is 2. The molecule has 2 nitrogen and oxygen atoms in total. The van der Waals surface area contributed by atoms with E-state index in [9.17, 15) is 0 Å². The van der Waals surface area contributed by atoms with Crippen molar-refractivity contribution in [1.82, 2.24) is 10.3 Å². The minimum Gasteiger partial charge on any atom is -0.312 e. The van der Waals surface area contributed by atoms with E-state index < -0.39 is 0 Å². The average molecular weight is 276 g/mol. The Kier molecular flexibility index (Phi) is 3.98. The third-order valence-corrected chi connectivity index (χ3v) is 4.17. The van der Waals surface area contributed by atoms with Crippen molar-refractivity contribution in [3.05, 3.63) is 78.1 Å². The largest absolute Gasteiger partial charge is 0.312 e. The Morgan fingerprint density at radius 1 is 0.905 bits per heavy atom. The molecular formula is C19H20N2. The van der Waals surface area contributed by atoms with Crippen molar-refractivity contribution in [3.63, 3.8) is 0 Å². The van der Waals surface area contributed by atoms with E-state index in [-0.39, 0.29) is 6.04 Å². The van der Waals surface area contributed by atoms with E-state index >= 15 is 0 Å². The standard InChI is InChI=1S/C19H20N2/c1-14(15-8-4-3-5-9-15)19(20-2)18-13-21-12-16-10-6-7-11-17(16)18/h3-14,19-20H,1-2H3. The highest BCUT2D eigenvalue weighted by molar-refractivity contribution is 5.85. The molecule has 0 bridgehead atoms. The summed E-state index contributed by atoms with van der Waals surface area (Å²) in [5.41, 5.74) is 2.59. The molecule has 106 valence electrons. The predicted octanol–water partition coefficient (Wildman–Crippen LogP) is 4.30. The number of hydrogen-bond donors (Lipinski definition) is 1. The molecule has 0 aliphatic rings. The number of fused-ring (bicyclic) bond motifs is 1. The summed E-state index contributed by atoms with van der Waals surface area (Å²) in [6.07, 6.45) is 3.92. The van der Waals surface area contributed by atoms with Crippen molar-refractivity contribution in [2.75, 3.05) is 7.05 Å². The zero-order valence-electron chi connectivity index (χ0n) is 12.5. The number of nitrogens with zero attached hydrogens (tertiary/aromatic N) is 1. The van der Waals surface area contributed by atoms with Crippen LogP contribution in [0.2, 0.25) is 0 Å². The first-order valence-electron chi connectivity index (χ1n) is 7.36. The van der Waals surface area contributed by atoms with Crippen molar-refractivity contribution in [3.8, 4) is 0 Å². The molecule has 0 fully saturated rings. The van der Waals surface area contributed by atoms with Gasteiger partial charge in [0.1, 0.15) is 0 Å². The van der Waals surface area contributed by atoms with Crippen LogP contribution >= 0.6 is 0 Å². The fourth-order valence-electron chi connectivity index (χ4n) is 3.01. The lowest BCUT2D eigenvalue weighted by molar-refractivity contribution is 0.510. The maximum absolute atomic E-state index is 4.42. The van der Waals surface area contributed by atoms with Gasteiger partial charge in [-0.25, -0.2) is 0 Å². The van der Waals surface area contributed by atoms with Gasteiger partial charge in [0.05, 0.1) is 0 Å². The van der Waals surface area contributed by atoms with Crippen LogP contribution in [-0.4, -0.2) is 12.0 Å². The summed E-state index contributed by atoms with van der Waals surface area (Å²) >= 11 is 0. The third-order valence-electron chi connectivity index (χ3n) is 4.17. The van der Waals surface area contributed by atoms with Gasteiger partial charge in [0.25, 0.3) is 0 Å². The molecule has 0 aliphatic heterocycles. The van der Waals surface area contributed by atoms with E-state index in [2.05, 4.69) is 71.8 Å². The summed E-state index contributed by atoms with van der Waals surface area (Å²) in [6, 6.07) is 19.3. The van der Waals surface area contributed by atoms with Gasteiger partial charge in [-0.3, -0.25) is 4.98 Å². The number of aromatic nitrogens is 1. The van der Waals surface area contributed by atoms with Gasteiger partial charge in [-0.2, -0.15) is 0 Å². The van der Waals surface area contributed by atoms with Crippen LogP contribution in [0.15, 0.2) is 67.0 Å². The molecule has 1 aromatic heterocycles. The van der Waals surface area contributed by atoms with E-state index in [4.69, 9.17) is 0 Å². The molecule has 2 heteroatoms. The second-order valence-electron chi connectivity index (χ2n) is 5.42. The van der Waals surface area contributed by atoms with Crippen LogP contribution in [0.3, 0.4) is 0 Å². The zero-order chi connectivity index (χ0) is 14.7. The van der Waals surface area contributed by atoms with E-state index in [1.54, 1.807) is 0 Å². The molecule has 2 atom stereocenters. The molecule has 0 spiro atoms.